The number of benzene rings is 3. The van der Waals surface area contributed by atoms with E-state index in [-0.39, 0.29) is 12.4 Å². The van der Waals surface area contributed by atoms with Crippen molar-refractivity contribution >= 4 is 34.2 Å². The lowest BCUT2D eigenvalue weighted by Gasteiger charge is -2.09. The van der Waals surface area contributed by atoms with E-state index in [1.54, 1.807) is 12.1 Å². The summed E-state index contributed by atoms with van der Waals surface area (Å²) in [5.74, 6) is -0.440. The van der Waals surface area contributed by atoms with E-state index in [0.717, 1.165) is 27.1 Å². The van der Waals surface area contributed by atoms with Crippen LogP contribution in [-0.2, 0) is 20.7 Å². The fourth-order valence-electron chi connectivity index (χ4n) is 4.37. The summed E-state index contributed by atoms with van der Waals surface area (Å²) < 4.78 is 21.1. The Morgan fingerprint density at radius 3 is 2.25 bits per heavy atom. The van der Waals surface area contributed by atoms with E-state index in [0.29, 0.717) is 28.5 Å². The number of fused-ring (bicyclic) bond motifs is 1. The molecule has 1 aromatic heterocycles. The highest BCUT2D eigenvalue weighted by Crippen LogP contribution is 2.37. The quantitative estimate of drug-likeness (QED) is 0.268. The summed E-state index contributed by atoms with van der Waals surface area (Å²) in [6.45, 7) is 3.56. The van der Waals surface area contributed by atoms with Crippen LogP contribution < -0.4 is 14.8 Å². The lowest BCUT2D eigenvalue weighted by molar-refractivity contribution is -0.119. The molecule has 0 saturated carbocycles. The molecule has 2 heterocycles. The first-order valence-corrected chi connectivity index (χ1v) is 13.4. The summed E-state index contributed by atoms with van der Waals surface area (Å²) >= 11 is 1.26. The smallest absolute Gasteiger partial charge is 0.341 e. The molecule has 1 amide bonds. The van der Waals surface area contributed by atoms with Crippen molar-refractivity contribution in [1.29, 1.82) is 0 Å². The van der Waals surface area contributed by atoms with Crippen molar-refractivity contribution in [2.75, 3.05) is 25.8 Å². The second-order valence-corrected chi connectivity index (χ2v) is 10.5. The van der Waals surface area contributed by atoms with Crippen LogP contribution in [0.2, 0.25) is 0 Å². The zero-order valence-electron chi connectivity index (χ0n) is 22.2. The normalized spacial score (nSPS) is 11.7. The van der Waals surface area contributed by atoms with Gasteiger partial charge in [0.25, 0.3) is 5.91 Å². The van der Waals surface area contributed by atoms with Gasteiger partial charge < -0.3 is 24.3 Å². The molecule has 0 saturated heterocycles. The molecule has 8 nitrogen and oxygen atoms in total. The van der Waals surface area contributed by atoms with Crippen molar-refractivity contribution < 1.29 is 33.3 Å². The van der Waals surface area contributed by atoms with E-state index < -0.39 is 24.5 Å². The van der Waals surface area contributed by atoms with Gasteiger partial charge in [0.2, 0.25) is 6.79 Å². The maximum absolute atomic E-state index is 12.7. The van der Waals surface area contributed by atoms with E-state index in [1.165, 1.54) is 24.0 Å². The molecule has 3 aromatic carbocycles. The van der Waals surface area contributed by atoms with Crippen LogP contribution in [-0.4, -0.2) is 38.4 Å². The van der Waals surface area contributed by atoms with Crippen molar-refractivity contribution in [3.05, 3.63) is 99.4 Å². The van der Waals surface area contributed by atoms with Crippen LogP contribution in [0.1, 0.15) is 42.3 Å². The minimum Gasteiger partial charge on any atom is -0.465 e. The maximum atomic E-state index is 12.7. The van der Waals surface area contributed by atoms with Gasteiger partial charge >= 0.3 is 11.9 Å². The third-order valence-electron chi connectivity index (χ3n) is 6.51. The highest BCUT2D eigenvalue weighted by Gasteiger charge is 2.25. The second kappa shape index (κ2) is 11.6. The van der Waals surface area contributed by atoms with Gasteiger partial charge in [0.1, 0.15) is 5.00 Å². The number of rotatable bonds is 8. The molecule has 40 heavy (non-hydrogen) atoms. The first kappa shape index (κ1) is 27.0. The Morgan fingerprint density at radius 1 is 0.875 bits per heavy atom. The number of methoxy groups -OCH3 is 1. The van der Waals surface area contributed by atoms with Gasteiger partial charge in [-0.1, -0.05) is 48.0 Å². The van der Waals surface area contributed by atoms with Gasteiger partial charge in [-0.2, -0.15) is 0 Å². The van der Waals surface area contributed by atoms with E-state index >= 15 is 0 Å². The second-order valence-electron chi connectivity index (χ2n) is 9.26. The largest absolute Gasteiger partial charge is 0.465 e. The Bertz CT molecular complexity index is 1570. The molecule has 1 aliphatic heterocycles. The van der Waals surface area contributed by atoms with Gasteiger partial charge in [-0.3, -0.25) is 4.79 Å². The highest BCUT2D eigenvalue weighted by atomic mass is 32.1. The molecule has 0 aliphatic carbocycles. The number of carbonyl (C=O) groups is 3. The maximum Gasteiger partial charge on any atom is 0.341 e. The lowest BCUT2D eigenvalue weighted by Crippen LogP contribution is -2.21. The van der Waals surface area contributed by atoms with Crippen LogP contribution in [0.3, 0.4) is 0 Å². The molecule has 0 radical (unpaired) electrons. The summed E-state index contributed by atoms with van der Waals surface area (Å²) in [6.07, 6.45) is 0.423. The monoisotopic (exact) mass is 557 g/mol. The average molecular weight is 558 g/mol. The predicted octanol–water partition coefficient (Wildman–Crippen LogP) is 5.93. The molecule has 0 fully saturated rings. The standard InChI is InChI=1S/C31H27NO7S/c1-18-4-7-21(8-5-18)22-9-11-23(12-10-22)30(34)37-16-27(33)32-29-28(31(35)36-3)24(19(2)40-29)14-20-6-13-25-26(15-20)39-17-38-25/h4-13,15H,14,16-17H2,1-3H3,(H,32,33). The van der Waals surface area contributed by atoms with Gasteiger partial charge in [-0.05, 0) is 66.8 Å². The van der Waals surface area contributed by atoms with E-state index in [4.69, 9.17) is 18.9 Å². The summed E-state index contributed by atoms with van der Waals surface area (Å²) in [7, 11) is 1.29. The molecule has 0 spiro atoms. The number of thiophene rings is 1. The van der Waals surface area contributed by atoms with Gasteiger partial charge in [0.05, 0.1) is 18.2 Å². The number of hydrogen-bond acceptors (Lipinski definition) is 8. The number of hydrogen-bond donors (Lipinski definition) is 1. The molecule has 0 atom stereocenters. The number of esters is 2. The first-order valence-electron chi connectivity index (χ1n) is 12.6. The number of amides is 1. The lowest BCUT2D eigenvalue weighted by atomic mass is 10.0. The number of carbonyl (C=O) groups excluding carboxylic acids is 3. The predicted molar refractivity (Wildman–Crippen MR) is 151 cm³/mol. The number of aryl methyl sites for hydroxylation is 2. The Balaban J connectivity index is 1.24. The fourth-order valence-corrected chi connectivity index (χ4v) is 5.45. The molecule has 9 heteroatoms. The molecule has 204 valence electrons. The summed E-state index contributed by atoms with van der Waals surface area (Å²) in [4.78, 5) is 38.9. The summed E-state index contributed by atoms with van der Waals surface area (Å²) in [5, 5.41) is 3.05. The van der Waals surface area contributed by atoms with Crippen LogP contribution in [0, 0.1) is 13.8 Å². The van der Waals surface area contributed by atoms with Gasteiger partial charge in [-0.15, -0.1) is 11.3 Å². The van der Waals surface area contributed by atoms with Gasteiger partial charge in [-0.25, -0.2) is 9.59 Å². The third-order valence-corrected chi connectivity index (χ3v) is 7.57. The van der Waals surface area contributed by atoms with Gasteiger partial charge in [0, 0.05) is 4.88 Å². The Kier molecular flexibility index (Phi) is 7.84. The van der Waals surface area contributed by atoms with Crippen molar-refractivity contribution in [2.45, 2.75) is 20.3 Å². The molecule has 1 aliphatic rings. The van der Waals surface area contributed by atoms with Crippen LogP contribution in [0.4, 0.5) is 5.00 Å². The first-order chi connectivity index (χ1) is 19.3. The van der Waals surface area contributed by atoms with Crippen molar-refractivity contribution in [3.8, 4) is 22.6 Å². The third kappa shape index (κ3) is 5.84. The van der Waals surface area contributed by atoms with Crippen LogP contribution in [0.25, 0.3) is 11.1 Å². The number of ether oxygens (including phenoxy) is 4. The van der Waals surface area contributed by atoms with Crippen molar-refractivity contribution in [3.63, 3.8) is 0 Å². The number of nitrogens with one attached hydrogen (secondary N) is 1. The van der Waals surface area contributed by atoms with E-state index in [1.807, 2.05) is 68.4 Å². The number of anilines is 1. The van der Waals surface area contributed by atoms with Crippen molar-refractivity contribution in [2.24, 2.45) is 0 Å². The minimum absolute atomic E-state index is 0.170. The average Bonchev–Trinajstić information content (AvgIpc) is 3.55. The molecule has 0 unspecified atom stereocenters. The van der Waals surface area contributed by atoms with Crippen LogP contribution >= 0.6 is 11.3 Å². The Labute approximate surface area is 235 Å². The van der Waals surface area contributed by atoms with Crippen LogP contribution in [0.15, 0.2) is 66.7 Å². The zero-order chi connectivity index (χ0) is 28.2. The molecular formula is C31H27NO7S. The molecule has 4 aromatic rings. The summed E-state index contributed by atoms with van der Waals surface area (Å²) in [6, 6.07) is 20.7. The summed E-state index contributed by atoms with van der Waals surface area (Å²) in [5.41, 5.74) is 5.42. The Hall–Kier alpha value is -4.63. The molecule has 5 rings (SSSR count). The topological polar surface area (TPSA) is 100 Å². The fraction of sp³-hybridized carbons (Fsp3) is 0.194. The molecule has 0 bridgehead atoms. The highest BCUT2D eigenvalue weighted by molar-refractivity contribution is 7.16. The Morgan fingerprint density at radius 2 is 1.55 bits per heavy atom. The molecular weight excluding hydrogens is 530 g/mol. The van der Waals surface area contributed by atoms with Crippen molar-refractivity contribution in [1.82, 2.24) is 0 Å². The van der Waals surface area contributed by atoms with E-state index in [9.17, 15) is 14.4 Å². The minimum atomic E-state index is -0.621. The van der Waals surface area contributed by atoms with E-state index in [2.05, 4.69) is 5.32 Å². The zero-order valence-corrected chi connectivity index (χ0v) is 23.1. The van der Waals surface area contributed by atoms with Crippen LogP contribution in [0.5, 0.6) is 11.5 Å². The SMILES string of the molecule is COC(=O)c1c(NC(=O)COC(=O)c2ccc(-c3ccc(C)cc3)cc2)sc(C)c1Cc1ccc2c(c1)OCO2. The molecule has 1 N–H and O–H groups in total. The van der Waals surface area contributed by atoms with Gasteiger partial charge in [0.15, 0.2) is 18.1 Å².